The van der Waals surface area contributed by atoms with E-state index in [-0.39, 0.29) is 22.6 Å². The predicted octanol–water partition coefficient (Wildman–Crippen LogP) is 4.01. The van der Waals surface area contributed by atoms with Crippen LogP contribution in [0.2, 0.25) is 0 Å². The van der Waals surface area contributed by atoms with Crippen LogP contribution in [0.1, 0.15) is 15.9 Å². The molecule has 0 N–H and O–H groups in total. The minimum atomic E-state index is -3.86. The summed E-state index contributed by atoms with van der Waals surface area (Å²) in [5, 5.41) is 0. The summed E-state index contributed by atoms with van der Waals surface area (Å²) in [6.07, 6.45) is 0. The first-order valence-electron chi connectivity index (χ1n) is 8.44. The van der Waals surface area contributed by atoms with E-state index >= 15 is 0 Å². The first-order chi connectivity index (χ1) is 13.4. The molecule has 5 nitrogen and oxygen atoms in total. The molecule has 0 aliphatic rings. The maximum Gasteiger partial charge on any atom is 0.338 e. The van der Waals surface area contributed by atoms with E-state index in [0.29, 0.717) is 5.69 Å². The second kappa shape index (κ2) is 8.22. The summed E-state index contributed by atoms with van der Waals surface area (Å²) >= 11 is 0. The van der Waals surface area contributed by atoms with Crippen LogP contribution in [-0.4, -0.2) is 21.4 Å². The molecule has 0 unspecified atom stereocenters. The molecular weight excluding hydrogens is 381 g/mol. The Bertz CT molecular complexity index is 1080. The molecule has 144 valence electrons. The largest absolute Gasteiger partial charge is 0.457 e. The zero-order valence-corrected chi connectivity index (χ0v) is 15.9. The van der Waals surface area contributed by atoms with Gasteiger partial charge in [-0.2, -0.15) is 0 Å². The molecule has 0 aliphatic carbocycles. The fourth-order valence-electron chi connectivity index (χ4n) is 2.56. The number of hydrogen-bond donors (Lipinski definition) is 0. The number of benzene rings is 3. The fourth-order valence-corrected chi connectivity index (χ4v) is 3.80. The third-order valence-electron chi connectivity index (χ3n) is 4.16. The lowest BCUT2D eigenvalue weighted by molar-refractivity contribution is 0.0468. The third kappa shape index (κ3) is 4.20. The van der Waals surface area contributed by atoms with Gasteiger partial charge in [0.25, 0.3) is 10.0 Å². The average Bonchev–Trinajstić information content (AvgIpc) is 2.73. The monoisotopic (exact) mass is 399 g/mol. The first kappa shape index (κ1) is 19.6. The quantitative estimate of drug-likeness (QED) is 0.588. The molecule has 0 amide bonds. The van der Waals surface area contributed by atoms with Gasteiger partial charge in [0.05, 0.1) is 16.1 Å². The molecule has 0 bridgehead atoms. The summed E-state index contributed by atoms with van der Waals surface area (Å²) in [7, 11) is -2.42. The molecular formula is C21H18FNO4S. The number of carbonyl (C=O) groups excluding carboxylic acids is 1. The van der Waals surface area contributed by atoms with Crippen molar-refractivity contribution in [2.24, 2.45) is 0 Å². The Balaban J connectivity index is 1.79. The van der Waals surface area contributed by atoms with Crippen LogP contribution in [0.5, 0.6) is 0 Å². The molecule has 0 saturated carbocycles. The van der Waals surface area contributed by atoms with Gasteiger partial charge in [0.2, 0.25) is 0 Å². The van der Waals surface area contributed by atoms with Crippen molar-refractivity contribution in [2.45, 2.75) is 11.5 Å². The van der Waals surface area contributed by atoms with E-state index < -0.39 is 21.8 Å². The van der Waals surface area contributed by atoms with Crippen LogP contribution in [0.3, 0.4) is 0 Å². The molecule has 0 aromatic heterocycles. The van der Waals surface area contributed by atoms with E-state index in [9.17, 15) is 17.6 Å². The van der Waals surface area contributed by atoms with Gasteiger partial charge in [-0.15, -0.1) is 0 Å². The van der Waals surface area contributed by atoms with E-state index in [1.54, 1.807) is 36.4 Å². The number of carbonyl (C=O) groups is 1. The number of sulfonamides is 1. The highest BCUT2D eigenvalue weighted by atomic mass is 32.2. The predicted molar refractivity (Wildman–Crippen MR) is 104 cm³/mol. The van der Waals surface area contributed by atoms with Gasteiger partial charge in [-0.05, 0) is 36.4 Å². The minimum absolute atomic E-state index is 0.0424. The first-order valence-corrected chi connectivity index (χ1v) is 9.88. The van der Waals surface area contributed by atoms with E-state index in [4.69, 9.17) is 4.74 Å². The lowest BCUT2D eigenvalue weighted by Crippen LogP contribution is -2.26. The van der Waals surface area contributed by atoms with Crippen LogP contribution in [0.15, 0.2) is 83.8 Å². The Labute approximate surface area is 163 Å². The minimum Gasteiger partial charge on any atom is -0.457 e. The maximum absolute atomic E-state index is 13.6. The number of halogens is 1. The Hall–Kier alpha value is -3.19. The van der Waals surface area contributed by atoms with Gasteiger partial charge in [-0.25, -0.2) is 17.6 Å². The number of nitrogens with zero attached hydrogens (tertiary/aromatic N) is 1. The van der Waals surface area contributed by atoms with Crippen LogP contribution in [0.4, 0.5) is 10.1 Å². The molecule has 0 atom stereocenters. The highest BCUT2D eigenvalue weighted by Gasteiger charge is 2.22. The number of anilines is 1. The Kier molecular flexibility index (Phi) is 5.75. The van der Waals surface area contributed by atoms with Gasteiger partial charge in [-0.3, -0.25) is 4.31 Å². The van der Waals surface area contributed by atoms with Gasteiger partial charge < -0.3 is 4.74 Å². The van der Waals surface area contributed by atoms with Gasteiger partial charge >= 0.3 is 5.97 Å². The van der Waals surface area contributed by atoms with E-state index in [2.05, 4.69) is 0 Å². The molecule has 0 saturated heterocycles. The second-order valence-corrected chi connectivity index (χ2v) is 7.97. The van der Waals surface area contributed by atoms with Gasteiger partial charge in [0, 0.05) is 12.6 Å². The molecule has 0 heterocycles. The highest BCUT2D eigenvalue weighted by molar-refractivity contribution is 7.92. The molecule has 0 radical (unpaired) electrons. The van der Waals surface area contributed by atoms with Crippen molar-refractivity contribution < 1.29 is 22.3 Å². The van der Waals surface area contributed by atoms with E-state index in [1.165, 1.54) is 49.5 Å². The molecule has 7 heteroatoms. The molecule has 3 aromatic rings. The van der Waals surface area contributed by atoms with Crippen molar-refractivity contribution in [3.63, 3.8) is 0 Å². The molecule has 0 fully saturated rings. The lowest BCUT2D eigenvalue weighted by Gasteiger charge is -2.19. The zero-order valence-electron chi connectivity index (χ0n) is 15.1. The standard InChI is InChI=1S/C21H18FNO4S/c1-23(18-10-3-2-4-11-18)28(25,26)19-12-7-9-16(14-19)21(24)27-15-17-8-5-6-13-20(17)22/h2-14H,15H2,1H3. The van der Waals surface area contributed by atoms with Crippen LogP contribution < -0.4 is 4.31 Å². The summed E-state index contributed by atoms with van der Waals surface area (Å²) in [6, 6.07) is 20.1. The summed E-state index contributed by atoms with van der Waals surface area (Å²) in [5.41, 5.74) is 0.803. The third-order valence-corrected chi connectivity index (χ3v) is 5.95. The number of hydrogen-bond acceptors (Lipinski definition) is 4. The molecule has 28 heavy (non-hydrogen) atoms. The summed E-state index contributed by atoms with van der Waals surface area (Å²) in [5.74, 6) is -1.21. The smallest absolute Gasteiger partial charge is 0.338 e. The number of rotatable bonds is 6. The van der Waals surface area contributed by atoms with Gasteiger partial charge in [0.15, 0.2) is 0 Å². The van der Waals surface area contributed by atoms with Crippen LogP contribution in [0, 0.1) is 5.82 Å². The van der Waals surface area contributed by atoms with Crippen molar-refractivity contribution in [3.8, 4) is 0 Å². The molecule has 0 spiro atoms. The summed E-state index contributed by atoms with van der Waals surface area (Å²) < 4.78 is 45.6. The van der Waals surface area contributed by atoms with Crippen molar-refractivity contribution in [3.05, 3.63) is 95.8 Å². The van der Waals surface area contributed by atoms with Crippen molar-refractivity contribution in [1.29, 1.82) is 0 Å². The Morgan fingerprint density at radius 2 is 1.64 bits per heavy atom. The Morgan fingerprint density at radius 1 is 0.964 bits per heavy atom. The topological polar surface area (TPSA) is 63.7 Å². The maximum atomic E-state index is 13.6. The average molecular weight is 399 g/mol. The Morgan fingerprint density at radius 3 is 2.36 bits per heavy atom. The lowest BCUT2D eigenvalue weighted by atomic mass is 10.2. The van der Waals surface area contributed by atoms with Crippen molar-refractivity contribution in [2.75, 3.05) is 11.4 Å². The van der Waals surface area contributed by atoms with E-state index in [0.717, 1.165) is 4.31 Å². The van der Waals surface area contributed by atoms with Crippen molar-refractivity contribution in [1.82, 2.24) is 0 Å². The summed E-state index contributed by atoms with van der Waals surface area (Å²) in [6.45, 7) is -0.244. The molecule has 3 rings (SSSR count). The SMILES string of the molecule is CN(c1ccccc1)S(=O)(=O)c1cccc(C(=O)OCc2ccccc2F)c1. The van der Waals surface area contributed by atoms with Gasteiger partial charge in [-0.1, -0.05) is 42.5 Å². The van der Waals surface area contributed by atoms with Crippen molar-refractivity contribution >= 4 is 21.7 Å². The van der Waals surface area contributed by atoms with E-state index in [1.807, 2.05) is 0 Å². The fraction of sp³-hybridized carbons (Fsp3) is 0.0952. The molecule has 3 aromatic carbocycles. The summed E-state index contributed by atoms with van der Waals surface area (Å²) in [4.78, 5) is 12.3. The van der Waals surface area contributed by atoms with Crippen LogP contribution >= 0.6 is 0 Å². The highest BCUT2D eigenvalue weighted by Crippen LogP contribution is 2.22. The van der Waals surface area contributed by atoms with Crippen LogP contribution in [0.25, 0.3) is 0 Å². The van der Waals surface area contributed by atoms with Gasteiger partial charge in [0.1, 0.15) is 12.4 Å². The second-order valence-electron chi connectivity index (χ2n) is 6.00. The number of ether oxygens (including phenoxy) is 1. The number of para-hydroxylation sites is 1. The van der Waals surface area contributed by atoms with Crippen LogP contribution in [-0.2, 0) is 21.4 Å². The normalized spacial score (nSPS) is 11.1. The molecule has 0 aliphatic heterocycles. The number of esters is 1. The zero-order chi connectivity index (χ0) is 20.1.